The molecule has 7 heteroatoms. The molecule has 3 rings (SSSR count). The van der Waals surface area contributed by atoms with Crippen molar-refractivity contribution in [2.75, 3.05) is 25.0 Å². The second kappa shape index (κ2) is 8.75. The monoisotopic (exact) mass is 402 g/mol. The second-order valence-corrected chi connectivity index (χ2v) is 9.01. The van der Waals surface area contributed by atoms with Gasteiger partial charge in [0.05, 0.1) is 4.90 Å². The zero-order valence-electron chi connectivity index (χ0n) is 16.3. The highest BCUT2D eigenvalue weighted by Gasteiger charge is 2.26. The Hall–Kier alpha value is -2.38. The number of amides is 1. The maximum absolute atomic E-state index is 12.8. The Morgan fingerprint density at radius 1 is 1.04 bits per heavy atom. The Bertz CT molecular complexity index is 951. The number of hydrogen-bond donors (Lipinski definition) is 1. The van der Waals surface area contributed by atoms with Gasteiger partial charge in [-0.2, -0.15) is 4.31 Å². The summed E-state index contributed by atoms with van der Waals surface area (Å²) < 4.78 is 32.6. The van der Waals surface area contributed by atoms with Gasteiger partial charge in [0.25, 0.3) is 5.91 Å². The van der Waals surface area contributed by atoms with E-state index in [1.807, 2.05) is 32.0 Å². The van der Waals surface area contributed by atoms with Crippen LogP contribution in [0.25, 0.3) is 0 Å². The van der Waals surface area contributed by atoms with Gasteiger partial charge in [0.15, 0.2) is 6.61 Å². The molecule has 150 valence electrons. The van der Waals surface area contributed by atoms with Gasteiger partial charge in [-0.1, -0.05) is 18.6 Å². The lowest BCUT2D eigenvalue weighted by atomic mass is 10.1. The number of nitrogens with one attached hydrogen (secondary N) is 1. The van der Waals surface area contributed by atoms with Gasteiger partial charge in [-0.3, -0.25) is 4.79 Å². The number of piperidine rings is 1. The van der Waals surface area contributed by atoms with Crippen molar-refractivity contribution in [2.24, 2.45) is 0 Å². The van der Waals surface area contributed by atoms with Gasteiger partial charge in [0.1, 0.15) is 5.75 Å². The number of nitrogens with zero attached hydrogens (tertiary/aromatic N) is 1. The van der Waals surface area contributed by atoms with Crippen LogP contribution in [0.2, 0.25) is 0 Å². The van der Waals surface area contributed by atoms with E-state index in [9.17, 15) is 13.2 Å². The average molecular weight is 403 g/mol. The van der Waals surface area contributed by atoms with Crippen LogP contribution < -0.4 is 10.1 Å². The van der Waals surface area contributed by atoms with Gasteiger partial charge in [-0.25, -0.2) is 8.42 Å². The first-order valence-electron chi connectivity index (χ1n) is 9.46. The minimum absolute atomic E-state index is 0.147. The molecular formula is C21H26N2O4S. The summed E-state index contributed by atoms with van der Waals surface area (Å²) in [6.07, 6.45) is 2.82. The maximum atomic E-state index is 12.8. The lowest BCUT2D eigenvalue weighted by Gasteiger charge is -2.26. The van der Waals surface area contributed by atoms with Gasteiger partial charge in [0, 0.05) is 18.8 Å². The van der Waals surface area contributed by atoms with E-state index in [1.165, 1.54) is 10.4 Å². The summed E-state index contributed by atoms with van der Waals surface area (Å²) in [5, 5.41) is 2.71. The first-order chi connectivity index (χ1) is 13.4. The van der Waals surface area contributed by atoms with Crippen molar-refractivity contribution in [3.8, 4) is 5.75 Å². The third-order valence-corrected chi connectivity index (χ3v) is 6.81. The van der Waals surface area contributed by atoms with Crippen molar-refractivity contribution in [3.63, 3.8) is 0 Å². The number of carbonyl (C=O) groups is 1. The number of anilines is 1. The molecule has 0 radical (unpaired) electrons. The second-order valence-electron chi connectivity index (χ2n) is 7.08. The van der Waals surface area contributed by atoms with Crippen LogP contribution in [0.15, 0.2) is 47.4 Å². The van der Waals surface area contributed by atoms with E-state index in [4.69, 9.17) is 4.74 Å². The Labute approximate surface area is 166 Å². The molecule has 0 bridgehead atoms. The quantitative estimate of drug-likeness (QED) is 0.802. The molecular weight excluding hydrogens is 376 g/mol. The first kappa shape index (κ1) is 20.4. The van der Waals surface area contributed by atoms with Crippen LogP contribution in [0.5, 0.6) is 5.75 Å². The molecule has 1 saturated heterocycles. The van der Waals surface area contributed by atoms with E-state index in [2.05, 4.69) is 5.32 Å². The van der Waals surface area contributed by atoms with E-state index in [-0.39, 0.29) is 17.4 Å². The predicted molar refractivity (Wildman–Crippen MR) is 109 cm³/mol. The van der Waals surface area contributed by atoms with Crippen molar-refractivity contribution in [2.45, 2.75) is 38.0 Å². The van der Waals surface area contributed by atoms with E-state index >= 15 is 0 Å². The third kappa shape index (κ3) is 4.91. The number of rotatable bonds is 6. The summed E-state index contributed by atoms with van der Waals surface area (Å²) in [5.41, 5.74) is 2.68. The van der Waals surface area contributed by atoms with Gasteiger partial charge in [-0.05, 0) is 68.1 Å². The van der Waals surface area contributed by atoms with Crippen LogP contribution in [0, 0.1) is 13.8 Å². The van der Waals surface area contributed by atoms with E-state index in [0.717, 1.165) is 30.4 Å². The molecule has 1 aliphatic rings. The smallest absolute Gasteiger partial charge is 0.262 e. The van der Waals surface area contributed by atoms with Crippen LogP contribution >= 0.6 is 0 Å². The fourth-order valence-electron chi connectivity index (χ4n) is 3.14. The van der Waals surface area contributed by atoms with Gasteiger partial charge in [-0.15, -0.1) is 0 Å². The summed E-state index contributed by atoms with van der Waals surface area (Å²) in [6, 6.07) is 12.0. The lowest BCUT2D eigenvalue weighted by molar-refractivity contribution is -0.118. The molecule has 0 spiro atoms. The van der Waals surface area contributed by atoms with Crippen molar-refractivity contribution in [1.82, 2.24) is 4.31 Å². The highest BCUT2D eigenvalue weighted by atomic mass is 32.2. The largest absolute Gasteiger partial charge is 0.484 e. The Morgan fingerprint density at radius 3 is 2.50 bits per heavy atom. The number of benzene rings is 2. The standard InChI is InChI=1S/C21H26N2O4S/c1-16-9-10-19(13-17(16)2)27-15-21(24)22-18-7-6-8-20(14-18)28(25,26)23-11-4-3-5-12-23/h6-10,13-14H,3-5,11-12,15H2,1-2H3,(H,22,24). The third-order valence-electron chi connectivity index (χ3n) is 4.92. The molecule has 28 heavy (non-hydrogen) atoms. The molecule has 1 heterocycles. The van der Waals surface area contributed by atoms with Crippen molar-refractivity contribution < 1.29 is 17.9 Å². The first-order valence-corrected chi connectivity index (χ1v) is 10.9. The fraction of sp³-hybridized carbons (Fsp3) is 0.381. The summed E-state index contributed by atoms with van der Waals surface area (Å²) in [7, 11) is -3.53. The van der Waals surface area contributed by atoms with E-state index < -0.39 is 10.0 Å². The Kier molecular flexibility index (Phi) is 6.36. The summed E-state index contributed by atoms with van der Waals surface area (Å²) in [5.74, 6) is 0.283. The molecule has 2 aromatic carbocycles. The van der Waals surface area contributed by atoms with Crippen LogP contribution in [-0.4, -0.2) is 38.3 Å². The molecule has 1 fully saturated rings. The molecule has 0 unspecified atom stereocenters. The zero-order chi connectivity index (χ0) is 20.1. The number of ether oxygens (including phenoxy) is 1. The molecule has 1 aliphatic heterocycles. The molecule has 0 saturated carbocycles. The van der Waals surface area contributed by atoms with Gasteiger partial charge < -0.3 is 10.1 Å². The number of hydrogen-bond acceptors (Lipinski definition) is 4. The number of carbonyl (C=O) groups excluding carboxylic acids is 1. The fourth-order valence-corrected chi connectivity index (χ4v) is 4.70. The van der Waals surface area contributed by atoms with Gasteiger partial charge in [0.2, 0.25) is 10.0 Å². The minimum Gasteiger partial charge on any atom is -0.484 e. The van der Waals surface area contributed by atoms with Crippen molar-refractivity contribution in [3.05, 3.63) is 53.6 Å². The molecule has 0 aliphatic carbocycles. The van der Waals surface area contributed by atoms with Crippen LogP contribution in [0.1, 0.15) is 30.4 Å². The van der Waals surface area contributed by atoms with Crippen LogP contribution in [0.4, 0.5) is 5.69 Å². The lowest BCUT2D eigenvalue weighted by Crippen LogP contribution is -2.35. The van der Waals surface area contributed by atoms with Crippen LogP contribution in [0.3, 0.4) is 0 Å². The summed E-state index contributed by atoms with van der Waals surface area (Å²) >= 11 is 0. The van der Waals surface area contributed by atoms with Crippen molar-refractivity contribution in [1.29, 1.82) is 0 Å². The Balaban J connectivity index is 1.63. The van der Waals surface area contributed by atoms with Crippen molar-refractivity contribution >= 4 is 21.6 Å². The highest BCUT2D eigenvalue weighted by Crippen LogP contribution is 2.23. The Morgan fingerprint density at radius 2 is 1.79 bits per heavy atom. The molecule has 1 N–H and O–H groups in total. The SMILES string of the molecule is Cc1ccc(OCC(=O)Nc2cccc(S(=O)(=O)N3CCCCC3)c2)cc1C. The molecule has 2 aromatic rings. The van der Waals surface area contributed by atoms with Gasteiger partial charge >= 0.3 is 0 Å². The highest BCUT2D eigenvalue weighted by molar-refractivity contribution is 7.89. The minimum atomic E-state index is -3.53. The normalized spacial score (nSPS) is 15.2. The maximum Gasteiger partial charge on any atom is 0.262 e. The average Bonchev–Trinajstić information content (AvgIpc) is 2.70. The zero-order valence-corrected chi connectivity index (χ0v) is 17.1. The molecule has 0 aromatic heterocycles. The number of aryl methyl sites for hydroxylation is 2. The summed E-state index contributed by atoms with van der Waals surface area (Å²) in [6.45, 7) is 4.93. The summed E-state index contributed by atoms with van der Waals surface area (Å²) in [4.78, 5) is 12.4. The van der Waals surface area contributed by atoms with E-state index in [1.54, 1.807) is 18.2 Å². The molecule has 0 atom stereocenters. The topological polar surface area (TPSA) is 75.7 Å². The number of sulfonamides is 1. The predicted octanol–water partition coefficient (Wildman–Crippen LogP) is 3.50. The molecule has 1 amide bonds. The molecule has 6 nitrogen and oxygen atoms in total. The van der Waals surface area contributed by atoms with Crippen LogP contribution in [-0.2, 0) is 14.8 Å². The van der Waals surface area contributed by atoms with E-state index in [0.29, 0.717) is 24.5 Å².